The molecule has 0 N–H and O–H groups in total. The Morgan fingerprint density at radius 2 is 2.28 bits per heavy atom. The first-order valence-electron chi connectivity index (χ1n) is 6.63. The van der Waals surface area contributed by atoms with Gasteiger partial charge in [0.15, 0.2) is 0 Å². The monoisotopic (exact) mass is 250 g/mol. The Morgan fingerprint density at radius 1 is 1.44 bits per heavy atom. The predicted octanol–water partition coefficient (Wildman–Crippen LogP) is 2.05. The summed E-state index contributed by atoms with van der Waals surface area (Å²) >= 11 is 0. The number of alkyl halides is 1. The molecule has 2 aliphatic heterocycles. The zero-order chi connectivity index (χ0) is 12.5. The molecule has 0 bridgehead atoms. The maximum atomic E-state index is 12.9. The average Bonchev–Trinajstić information content (AvgIpc) is 2.80. The van der Waals surface area contributed by atoms with Crippen LogP contribution in [0, 0.1) is 6.92 Å². The van der Waals surface area contributed by atoms with Crippen molar-refractivity contribution in [1.82, 2.24) is 9.88 Å². The van der Waals surface area contributed by atoms with Crippen LogP contribution in [0.3, 0.4) is 0 Å². The Hall–Kier alpha value is -1.00. The van der Waals surface area contributed by atoms with Crippen molar-refractivity contribution < 1.29 is 9.13 Å². The van der Waals surface area contributed by atoms with Crippen molar-refractivity contribution in [3.05, 3.63) is 29.1 Å². The molecule has 2 aliphatic rings. The van der Waals surface area contributed by atoms with Crippen molar-refractivity contribution in [2.24, 2.45) is 0 Å². The van der Waals surface area contributed by atoms with E-state index in [0.29, 0.717) is 19.0 Å². The van der Waals surface area contributed by atoms with Gasteiger partial charge in [0.25, 0.3) is 0 Å². The van der Waals surface area contributed by atoms with Crippen molar-refractivity contribution in [1.29, 1.82) is 0 Å². The minimum Gasteiger partial charge on any atom is -0.381 e. The molecular weight excluding hydrogens is 231 g/mol. The van der Waals surface area contributed by atoms with Crippen LogP contribution in [0.5, 0.6) is 0 Å². The highest BCUT2D eigenvalue weighted by atomic mass is 19.1. The van der Waals surface area contributed by atoms with Crippen LogP contribution < -0.4 is 0 Å². The second-order valence-corrected chi connectivity index (χ2v) is 5.34. The van der Waals surface area contributed by atoms with E-state index in [4.69, 9.17) is 4.74 Å². The Balaban J connectivity index is 1.79. The molecule has 0 radical (unpaired) electrons. The molecule has 0 aliphatic carbocycles. The zero-order valence-electron chi connectivity index (χ0n) is 10.7. The van der Waals surface area contributed by atoms with Crippen molar-refractivity contribution in [2.45, 2.75) is 32.0 Å². The van der Waals surface area contributed by atoms with Gasteiger partial charge in [-0.2, -0.15) is 0 Å². The van der Waals surface area contributed by atoms with Crippen molar-refractivity contribution >= 4 is 0 Å². The lowest BCUT2D eigenvalue weighted by atomic mass is 9.95. The van der Waals surface area contributed by atoms with E-state index in [0.717, 1.165) is 37.6 Å². The highest BCUT2D eigenvalue weighted by Crippen LogP contribution is 2.29. The molecule has 0 saturated carbocycles. The highest BCUT2D eigenvalue weighted by molar-refractivity contribution is 5.27. The first-order valence-corrected chi connectivity index (χ1v) is 6.63. The predicted molar refractivity (Wildman–Crippen MR) is 67.3 cm³/mol. The fourth-order valence-electron chi connectivity index (χ4n) is 2.75. The van der Waals surface area contributed by atoms with Crippen LogP contribution in [0.1, 0.15) is 29.3 Å². The topological polar surface area (TPSA) is 25.4 Å². The summed E-state index contributed by atoms with van der Waals surface area (Å²) in [5.74, 6) is 0.468. The molecule has 4 heteroatoms. The van der Waals surface area contributed by atoms with E-state index in [2.05, 4.69) is 22.0 Å². The van der Waals surface area contributed by atoms with Crippen molar-refractivity contribution in [3.63, 3.8) is 0 Å². The molecule has 0 aromatic carbocycles. The maximum absolute atomic E-state index is 12.9. The molecule has 3 rings (SSSR count). The SMILES string of the molecule is Cc1ccc(C2CCOC2)c(CN2CC(F)C2)n1. The normalized spacial score (nSPS) is 25.3. The molecule has 1 aromatic rings. The number of hydrogen-bond acceptors (Lipinski definition) is 3. The van der Waals surface area contributed by atoms with Gasteiger partial charge in [0.2, 0.25) is 0 Å². The number of likely N-dealkylation sites (tertiary alicyclic amines) is 1. The third kappa shape index (κ3) is 2.40. The molecule has 1 unspecified atom stereocenters. The second-order valence-electron chi connectivity index (χ2n) is 5.34. The fraction of sp³-hybridized carbons (Fsp3) is 0.643. The second kappa shape index (κ2) is 4.94. The minimum absolute atomic E-state index is 0.468. The molecular formula is C14H19FN2O. The van der Waals surface area contributed by atoms with E-state index < -0.39 is 6.17 Å². The van der Waals surface area contributed by atoms with Crippen LogP contribution >= 0.6 is 0 Å². The van der Waals surface area contributed by atoms with Gasteiger partial charge in [-0.25, -0.2) is 4.39 Å². The summed E-state index contributed by atoms with van der Waals surface area (Å²) < 4.78 is 18.3. The number of nitrogens with zero attached hydrogens (tertiary/aromatic N) is 2. The van der Waals surface area contributed by atoms with Gasteiger partial charge in [0.05, 0.1) is 12.3 Å². The quantitative estimate of drug-likeness (QED) is 0.821. The standard InChI is InChI=1S/C14H19FN2O/c1-10-2-3-13(11-4-5-18-9-11)14(16-10)8-17-6-12(15)7-17/h2-3,11-12H,4-9H2,1H3. The van der Waals surface area contributed by atoms with Crippen LogP contribution in [0.25, 0.3) is 0 Å². The van der Waals surface area contributed by atoms with Crippen LogP contribution in [-0.2, 0) is 11.3 Å². The van der Waals surface area contributed by atoms with Gasteiger partial charge in [-0.3, -0.25) is 9.88 Å². The van der Waals surface area contributed by atoms with E-state index >= 15 is 0 Å². The Kier molecular flexibility index (Phi) is 3.31. The molecule has 3 nitrogen and oxygen atoms in total. The zero-order valence-corrected chi connectivity index (χ0v) is 10.7. The third-order valence-electron chi connectivity index (χ3n) is 3.80. The average molecular weight is 250 g/mol. The van der Waals surface area contributed by atoms with Crippen molar-refractivity contribution in [3.8, 4) is 0 Å². The minimum atomic E-state index is -0.645. The molecule has 0 spiro atoms. The highest BCUT2D eigenvalue weighted by Gasteiger charge is 2.28. The summed E-state index contributed by atoms with van der Waals surface area (Å²) in [6.45, 7) is 5.52. The molecule has 98 valence electrons. The van der Waals surface area contributed by atoms with Gasteiger partial charge < -0.3 is 4.74 Å². The van der Waals surface area contributed by atoms with Gasteiger partial charge in [0.1, 0.15) is 6.17 Å². The molecule has 0 amide bonds. The summed E-state index contributed by atoms with van der Waals surface area (Å²) in [5, 5.41) is 0. The summed E-state index contributed by atoms with van der Waals surface area (Å²) in [6.07, 6.45) is 0.428. The lowest BCUT2D eigenvalue weighted by molar-refractivity contribution is 0.0576. The molecule has 2 saturated heterocycles. The van der Waals surface area contributed by atoms with Crippen LogP contribution in [0.4, 0.5) is 4.39 Å². The summed E-state index contributed by atoms with van der Waals surface area (Å²) in [6, 6.07) is 4.23. The number of aryl methyl sites for hydroxylation is 1. The number of pyridine rings is 1. The first-order chi connectivity index (χ1) is 8.72. The van der Waals surface area contributed by atoms with Crippen molar-refractivity contribution in [2.75, 3.05) is 26.3 Å². The number of hydrogen-bond donors (Lipinski definition) is 0. The van der Waals surface area contributed by atoms with E-state index in [1.807, 2.05) is 6.92 Å². The van der Waals surface area contributed by atoms with E-state index in [9.17, 15) is 4.39 Å². The number of rotatable bonds is 3. The van der Waals surface area contributed by atoms with Gasteiger partial charge in [0, 0.05) is 37.9 Å². The smallest absolute Gasteiger partial charge is 0.125 e. The van der Waals surface area contributed by atoms with E-state index in [1.54, 1.807) is 0 Å². The molecule has 18 heavy (non-hydrogen) atoms. The third-order valence-corrected chi connectivity index (χ3v) is 3.80. The lowest BCUT2D eigenvalue weighted by Gasteiger charge is -2.34. The fourth-order valence-corrected chi connectivity index (χ4v) is 2.75. The maximum Gasteiger partial charge on any atom is 0.125 e. The molecule has 1 atom stereocenters. The summed E-state index contributed by atoms with van der Waals surface area (Å²) in [7, 11) is 0. The van der Waals surface area contributed by atoms with Crippen LogP contribution in [-0.4, -0.2) is 42.4 Å². The first kappa shape index (κ1) is 12.1. The molecule has 1 aromatic heterocycles. The van der Waals surface area contributed by atoms with Gasteiger partial charge in [-0.15, -0.1) is 0 Å². The van der Waals surface area contributed by atoms with Gasteiger partial charge >= 0.3 is 0 Å². The Bertz CT molecular complexity index is 426. The van der Waals surface area contributed by atoms with E-state index in [-0.39, 0.29) is 0 Å². The number of ether oxygens (including phenoxy) is 1. The Labute approximate surface area is 107 Å². The summed E-state index contributed by atoms with van der Waals surface area (Å²) in [5.41, 5.74) is 3.43. The Morgan fingerprint density at radius 3 is 2.94 bits per heavy atom. The van der Waals surface area contributed by atoms with Gasteiger partial charge in [-0.1, -0.05) is 6.07 Å². The van der Waals surface area contributed by atoms with Crippen LogP contribution in [0.15, 0.2) is 12.1 Å². The largest absolute Gasteiger partial charge is 0.381 e. The van der Waals surface area contributed by atoms with Gasteiger partial charge in [-0.05, 0) is 25.0 Å². The molecule has 3 heterocycles. The lowest BCUT2D eigenvalue weighted by Crippen LogP contribution is -2.47. The van der Waals surface area contributed by atoms with Crippen LogP contribution in [0.2, 0.25) is 0 Å². The number of halogens is 1. The molecule has 2 fully saturated rings. The number of aromatic nitrogens is 1. The summed E-state index contributed by atoms with van der Waals surface area (Å²) in [4.78, 5) is 6.76. The van der Waals surface area contributed by atoms with E-state index in [1.165, 1.54) is 5.56 Å².